The largest absolute Gasteiger partial charge is 0.487 e. The van der Waals surface area contributed by atoms with Crippen LogP contribution in [-0.4, -0.2) is 19.2 Å². The maximum absolute atomic E-state index is 8.91. The quantitative estimate of drug-likeness (QED) is 0.910. The van der Waals surface area contributed by atoms with Gasteiger partial charge in [-0.05, 0) is 67.4 Å². The van der Waals surface area contributed by atoms with Gasteiger partial charge in [0.2, 0.25) is 0 Å². The van der Waals surface area contributed by atoms with E-state index in [-0.39, 0.29) is 5.60 Å². The van der Waals surface area contributed by atoms with E-state index in [2.05, 4.69) is 36.5 Å². The second-order valence-electron chi connectivity index (χ2n) is 6.18. The van der Waals surface area contributed by atoms with Gasteiger partial charge >= 0.3 is 0 Å². The van der Waals surface area contributed by atoms with Gasteiger partial charge in [-0.3, -0.25) is 0 Å². The Labute approximate surface area is 137 Å². The molecular weight excluding hydrogens is 284 g/mol. The zero-order valence-electron chi connectivity index (χ0n) is 13.7. The van der Waals surface area contributed by atoms with E-state index in [1.165, 1.54) is 11.1 Å². The minimum absolute atomic E-state index is 0.0748. The predicted molar refractivity (Wildman–Crippen MR) is 92.5 cm³/mol. The molecule has 3 rings (SSSR count). The average molecular weight is 306 g/mol. The Kier molecular flexibility index (Phi) is 4.36. The molecule has 0 bridgehead atoms. The van der Waals surface area contributed by atoms with Crippen LogP contribution < -0.4 is 10.1 Å². The van der Waals surface area contributed by atoms with Crippen LogP contribution in [0.4, 0.5) is 0 Å². The van der Waals surface area contributed by atoms with Crippen molar-refractivity contribution in [3.63, 3.8) is 0 Å². The number of hydrogen-bond donors (Lipinski definition) is 1. The minimum atomic E-state index is -0.0748. The second-order valence-corrected chi connectivity index (χ2v) is 6.18. The molecule has 2 aromatic rings. The molecule has 1 heterocycles. The highest BCUT2D eigenvalue weighted by molar-refractivity contribution is 5.67. The summed E-state index contributed by atoms with van der Waals surface area (Å²) in [7, 11) is 1.98. The lowest BCUT2D eigenvalue weighted by Crippen LogP contribution is -2.36. The SMILES string of the molecule is CCC1(CCNC)Cc2cc(-c3ccc(C#N)cc3)ccc2O1. The van der Waals surface area contributed by atoms with E-state index in [0.717, 1.165) is 37.1 Å². The Balaban J connectivity index is 1.86. The van der Waals surface area contributed by atoms with E-state index in [9.17, 15) is 0 Å². The molecule has 3 heteroatoms. The van der Waals surface area contributed by atoms with E-state index in [1.54, 1.807) is 0 Å². The predicted octanol–water partition coefficient (Wildman–Crippen LogP) is 3.92. The molecule has 2 aromatic carbocycles. The third kappa shape index (κ3) is 3.09. The molecule has 1 aliphatic rings. The highest BCUT2D eigenvalue weighted by Crippen LogP contribution is 2.40. The molecule has 0 aliphatic carbocycles. The molecule has 1 unspecified atom stereocenters. The first-order valence-corrected chi connectivity index (χ1v) is 8.17. The van der Waals surface area contributed by atoms with Crippen molar-refractivity contribution in [1.82, 2.24) is 5.32 Å². The number of rotatable bonds is 5. The Hall–Kier alpha value is -2.31. The molecular formula is C20H22N2O. The van der Waals surface area contributed by atoms with Crippen LogP contribution in [0, 0.1) is 11.3 Å². The lowest BCUT2D eigenvalue weighted by Gasteiger charge is -2.27. The number of nitrogens with zero attached hydrogens (tertiary/aromatic N) is 1. The number of benzene rings is 2. The first-order chi connectivity index (χ1) is 11.2. The molecule has 0 radical (unpaired) electrons. The summed E-state index contributed by atoms with van der Waals surface area (Å²) in [4.78, 5) is 0. The van der Waals surface area contributed by atoms with E-state index >= 15 is 0 Å². The van der Waals surface area contributed by atoms with E-state index in [1.807, 2.05) is 31.3 Å². The monoisotopic (exact) mass is 306 g/mol. The van der Waals surface area contributed by atoms with Gasteiger partial charge in [0.1, 0.15) is 11.4 Å². The van der Waals surface area contributed by atoms with E-state index < -0.39 is 0 Å². The molecule has 1 atom stereocenters. The van der Waals surface area contributed by atoms with Gasteiger partial charge < -0.3 is 10.1 Å². The van der Waals surface area contributed by atoms with Crippen LogP contribution >= 0.6 is 0 Å². The number of fused-ring (bicyclic) bond motifs is 1. The first kappa shape index (κ1) is 15.6. The van der Waals surface area contributed by atoms with Crippen LogP contribution in [0.15, 0.2) is 42.5 Å². The van der Waals surface area contributed by atoms with Gasteiger partial charge in [0.25, 0.3) is 0 Å². The van der Waals surface area contributed by atoms with Crippen LogP contribution in [0.2, 0.25) is 0 Å². The number of hydrogen-bond acceptors (Lipinski definition) is 3. The van der Waals surface area contributed by atoms with Crippen molar-refractivity contribution in [3.05, 3.63) is 53.6 Å². The molecule has 0 aromatic heterocycles. The molecule has 23 heavy (non-hydrogen) atoms. The molecule has 118 valence electrons. The van der Waals surface area contributed by atoms with Crippen LogP contribution in [0.5, 0.6) is 5.75 Å². The van der Waals surface area contributed by atoms with Gasteiger partial charge in [0.15, 0.2) is 0 Å². The van der Waals surface area contributed by atoms with Crippen LogP contribution in [-0.2, 0) is 6.42 Å². The summed E-state index contributed by atoms with van der Waals surface area (Å²) >= 11 is 0. The normalized spacial score (nSPS) is 19.0. The van der Waals surface area contributed by atoms with E-state index in [4.69, 9.17) is 10.00 Å². The summed E-state index contributed by atoms with van der Waals surface area (Å²) in [5.74, 6) is 1.01. The maximum atomic E-state index is 8.91. The van der Waals surface area contributed by atoms with Crippen LogP contribution in [0.3, 0.4) is 0 Å². The van der Waals surface area contributed by atoms with Crippen molar-refractivity contribution in [2.75, 3.05) is 13.6 Å². The molecule has 1 N–H and O–H groups in total. The number of nitriles is 1. The minimum Gasteiger partial charge on any atom is -0.487 e. The fourth-order valence-corrected chi connectivity index (χ4v) is 3.22. The second kappa shape index (κ2) is 6.44. The fourth-order valence-electron chi connectivity index (χ4n) is 3.22. The molecule has 0 saturated heterocycles. The molecule has 0 spiro atoms. The summed E-state index contributed by atoms with van der Waals surface area (Å²) in [5.41, 5.74) is 4.21. The lowest BCUT2D eigenvalue weighted by molar-refractivity contribution is 0.0808. The molecule has 0 saturated carbocycles. The summed E-state index contributed by atoms with van der Waals surface area (Å²) < 4.78 is 6.29. The summed E-state index contributed by atoms with van der Waals surface area (Å²) in [6.45, 7) is 3.16. The maximum Gasteiger partial charge on any atom is 0.123 e. The molecule has 3 nitrogen and oxygen atoms in total. The zero-order chi connectivity index (χ0) is 16.3. The fraction of sp³-hybridized carbons (Fsp3) is 0.350. The number of ether oxygens (including phenoxy) is 1. The smallest absolute Gasteiger partial charge is 0.123 e. The van der Waals surface area contributed by atoms with Crippen molar-refractivity contribution in [1.29, 1.82) is 5.26 Å². The van der Waals surface area contributed by atoms with Crippen molar-refractivity contribution in [3.8, 4) is 22.9 Å². The summed E-state index contributed by atoms with van der Waals surface area (Å²) in [5, 5.41) is 12.1. The summed E-state index contributed by atoms with van der Waals surface area (Å²) in [6, 6.07) is 16.3. The molecule has 1 aliphatic heterocycles. The van der Waals surface area contributed by atoms with E-state index in [0.29, 0.717) is 5.56 Å². The van der Waals surface area contributed by atoms with Gasteiger partial charge in [0, 0.05) is 6.42 Å². The van der Waals surface area contributed by atoms with Gasteiger partial charge in [-0.25, -0.2) is 0 Å². The van der Waals surface area contributed by atoms with Gasteiger partial charge in [0.05, 0.1) is 11.6 Å². The summed E-state index contributed by atoms with van der Waals surface area (Å²) in [6.07, 6.45) is 2.99. The van der Waals surface area contributed by atoms with Crippen molar-refractivity contribution in [2.45, 2.75) is 31.8 Å². The van der Waals surface area contributed by atoms with Gasteiger partial charge in [-0.15, -0.1) is 0 Å². The standard InChI is InChI=1S/C20H22N2O/c1-3-20(10-11-22-2)13-18-12-17(8-9-19(18)23-20)16-6-4-15(14-21)5-7-16/h4-9,12,22H,3,10-11,13H2,1-2H3. The Bertz CT molecular complexity index is 730. The first-order valence-electron chi connectivity index (χ1n) is 8.17. The molecule has 0 fully saturated rings. The van der Waals surface area contributed by atoms with Crippen molar-refractivity contribution < 1.29 is 4.74 Å². The Morgan fingerprint density at radius 2 is 1.91 bits per heavy atom. The number of nitrogens with one attached hydrogen (secondary N) is 1. The van der Waals surface area contributed by atoms with Crippen molar-refractivity contribution >= 4 is 0 Å². The Morgan fingerprint density at radius 3 is 2.57 bits per heavy atom. The molecule has 0 amide bonds. The third-order valence-corrected chi connectivity index (χ3v) is 4.72. The van der Waals surface area contributed by atoms with Gasteiger partial charge in [-0.1, -0.05) is 25.1 Å². The van der Waals surface area contributed by atoms with Gasteiger partial charge in [-0.2, -0.15) is 5.26 Å². The van der Waals surface area contributed by atoms with Crippen LogP contribution in [0.25, 0.3) is 11.1 Å². The average Bonchev–Trinajstić information content (AvgIpc) is 2.98. The van der Waals surface area contributed by atoms with Crippen molar-refractivity contribution in [2.24, 2.45) is 0 Å². The highest BCUT2D eigenvalue weighted by atomic mass is 16.5. The van der Waals surface area contributed by atoms with Crippen LogP contribution in [0.1, 0.15) is 30.9 Å². The Morgan fingerprint density at radius 1 is 1.17 bits per heavy atom. The highest BCUT2D eigenvalue weighted by Gasteiger charge is 2.37. The lowest BCUT2D eigenvalue weighted by atomic mass is 9.90. The zero-order valence-corrected chi connectivity index (χ0v) is 13.7. The topological polar surface area (TPSA) is 45.0 Å². The third-order valence-electron chi connectivity index (χ3n) is 4.72.